The molecule has 0 saturated heterocycles. The van der Waals surface area contributed by atoms with Crippen molar-refractivity contribution < 1.29 is 4.74 Å². The summed E-state index contributed by atoms with van der Waals surface area (Å²) < 4.78 is 6.38. The van der Waals surface area contributed by atoms with Crippen molar-refractivity contribution in [1.82, 2.24) is 9.88 Å². The molecular formula is C29H39N5O. The highest BCUT2D eigenvalue weighted by molar-refractivity contribution is 6.03. The van der Waals surface area contributed by atoms with Crippen LogP contribution in [-0.4, -0.2) is 56.1 Å². The van der Waals surface area contributed by atoms with Gasteiger partial charge in [-0.1, -0.05) is 57.0 Å². The summed E-state index contributed by atoms with van der Waals surface area (Å²) in [5.74, 6) is 1.49. The standard InChI is InChI=1S/C29H39N5O/c1-5-7-17-34(18-8-6-2)19-20-35-29-25-21-23-11-9-10-12-26(23)30-28(25)31-27(32-29)22-13-15-24(16-14-22)33(3)4/h9-16,21,27H,5-8,17-20H2,1-4H3,(H,30,31). The fourth-order valence-electron chi connectivity index (χ4n) is 4.34. The van der Waals surface area contributed by atoms with E-state index in [4.69, 9.17) is 14.7 Å². The zero-order chi connectivity index (χ0) is 24.6. The molecule has 0 aliphatic carbocycles. The van der Waals surface area contributed by atoms with Gasteiger partial charge in [0.05, 0.1) is 11.1 Å². The molecule has 0 amide bonds. The summed E-state index contributed by atoms with van der Waals surface area (Å²) in [5, 5.41) is 4.63. The van der Waals surface area contributed by atoms with E-state index in [0.717, 1.165) is 53.2 Å². The van der Waals surface area contributed by atoms with Gasteiger partial charge in [-0.15, -0.1) is 0 Å². The monoisotopic (exact) mass is 473 g/mol. The molecule has 4 rings (SSSR count). The lowest BCUT2D eigenvalue weighted by molar-refractivity contribution is 0.198. The van der Waals surface area contributed by atoms with Crippen LogP contribution in [0, 0.1) is 0 Å². The third kappa shape index (κ3) is 6.31. The lowest BCUT2D eigenvalue weighted by Crippen LogP contribution is -2.31. The van der Waals surface area contributed by atoms with Crippen LogP contribution in [0.2, 0.25) is 0 Å². The van der Waals surface area contributed by atoms with Crippen LogP contribution in [0.5, 0.6) is 0 Å². The second-order valence-corrected chi connectivity index (χ2v) is 9.44. The highest BCUT2D eigenvalue weighted by Gasteiger charge is 2.25. The predicted octanol–water partition coefficient (Wildman–Crippen LogP) is 6.09. The average molecular weight is 474 g/mol. The van der Waals surface area contributed by atoms with E-state index < -0.39 is 0 Å². The van der Waals surface area contributed by atoms with Gasteiger partial charge in [0.25, 0.3) is 0 Å². The zero-order valence-electron chi connectivity index (χ0n) is 21.6. The van der Waals surface area contributed by atoms with Crippen LogP contribution >= 0.6 is 0 Å². The minimum absolute atomic E-state index is 0.237. The molecule has 186 valence electrons. The average Bonchev–Trinajstić information content (AvgIpc) is 2.88. The molecule has 6 nitrogen and oxygen atoms in total. The van der Waals surface area contributed by atoms with Gasteiger partial charge in [-0.25, -0.2) is 9.98 Å². The normalized spacial score (nSPS) is 15.0. The van der Waals surface area contributed by atoms with Crippen molar-refractivity contribution in [2.75, 3.05) is 50.6 Å². The maximum atomic E-state index is 6.38. The first-order valence-corrected chi connectivity index (χ1v) is 13.0. The molecular weight excluding hydrogens is 434 g/mol. The number of aliphatic imine (C=N–C) groups is 1. The van der Waals surface area contributed by atoms with Gasteiger partial charge in [0.2, 0.25) is 5.90 Å². The van der Waals surface area contributed by atoms with E-state index in [-0.39, 0.29) is 6.17 Å². The number of fused-ring (bicyclic) bond motifs is 2. The molecule has 1 unspecified atom stereocenters. The largest absolute Gasteiger partial charge is 0.476 e. The Morgan fingerprint density at radius 2 is 1.63 bits per heavy atom. The van der Waals surface area contributed by atoms with E-state index in [0.29, 0.717) is 12.5 Å². The highest BCUT2D eigenvalue weighted by Crippen LogP contribution is 2.32. The fourth-order valence-corrected chi connectivity index (χ4v) is 4.34. The first-order chi connectivity index (χ1) is 17.1. The number of ether oxygens (including phenoxy) is 1. The Hall–Kier alpha value is -3.12. The number of nitrogens with zero attached hydrogens (tertiary/aromatic N) is 4. The first kappa shape index (κ1) is 25.0. The number of rotatable bonds is 11. The molecule has 0 radical (unpaired) electrons. The van der Waals surface area contributed by atoms with E-state index in [1.807, 2.05) is 32.3 Å². The number of para-hydroxylation sites is 1. The molecule has 35 heavy (non-hydrogen) atoms. The number of nitrogens with one attached hydrogen (secondary N) is 1. The van der Waals surface area contributed by atoms with Crippen molar-refractivity contribution in [2.24, 2.45) is 4.99 Å². The Kier molecular flexibility index (Phi) is 8.59. The summed E-state index contributed by atoms with van der Waals surface area (Å²) >= 11 is 0. The molecule has 1 aromatic heterocycles. The number of aromatic nitrogens is 1. The third-order valence-electron chi connectivity index (χ3n) is 6.50. The maximum Gasteiger partial charge on any atom is 0.222 e. The van der Waals surface area contributed by atoms with E-state index in [9.17, 15) is 0 Å². The number of anilines is 2. The van der Waals surface area contributed by atoms with Gasteiger partial charge in [0.15, 0.2) is 0 Å². The molecule has 0 spiro atoms. The number of hydrogen-bond donors (Lipinski definition) is 1. The minimum atomic E-state index is -0.237. The van der Waals surface area contributed by atoms with Crippen molar-refractivity contribution in [3.8, 4) is 0 Å². The smallest absolute Gasteiger partial charge is 0.222 e. The van der Waals surface area contributed by atoms with Gasteiger partial charge in [-0.2, -0.15) is 0 Å². The van der Waals surface area contributed by atoms with Crippen molar-refractivity contribution in [3.05, 3.63) is 65.7 Å². The van der Waals surface area contributed by atoms with Crippen LogP contribution in [0.1, 0.15) is 56.8 Å². The van der Waals surface area contributed by atoms with Crippen LogP contribution in [0.15, 0.2) is 59.6 Å². The quantitative estimate of drug-likeness (QED) is 0.365. The summed E-state index contributed by atoms with van der Waals surface area (Å²) in [6, 6.07) is 18.8. The molecule has 1 aliphatic heterocycles. The lowest BCUT2D eigenvalue weighted by atomic mass is 10.1. The maximum absolute atomic E-state index is 6.38. The Morgan fingerprint density at radius 1 is 0.914 bits per heavy atom. The summed E-state index contributed by atoms with van der Waals surface area (Å²) in [6.45, 7) is 8.26. The second-order valence-electron chi connectivity index (χ2n) is 9.44. The Bertz CT molecular complexity index is 1120. The van der Waals surface area contributed by atoms with Gasteiger partial charge in [0, 0.05) is 31.7 Å². The molecule has 2 aromatic carbocycles. The van der Waals surface area contributed by atoms with E-state index >= 15 is 0 Å². The first-order valence-electron chi connectivity index (χ1n) is 13.0. The van der Waals surface area contributed by atoms with Gasteiger partial charge >= 0.3 is 0 Å². The summed E-state index contributed by atoms with van der Waals surface area (Å²) in [7, 11) is 4.10. The number of benzene rings is 2. The van der Waals surface area contributed by atoms with E-state index in [2.05, 4.69) is 65.4 Å². The number of hydrogen-bond acceptors (Lipinski definition) is 6. The minimum Gasteiger partial charge on any atom is -0.476 e. The highest BCUT2D eigenvalue weighted by atomic mass is 16.5. The SMILES string of the molecule is CCCCN(CCCC)CCOC1=NC(c2ccc(N(C)C)cc2)Nc2nc3ccccc3cc21. The van der Waals surface area contributed by atoms with E-state index in [1.165, 1.54) is 25.7 Å². The molecule has 0 fully saturated rings. The molecule has 1 aliphatic rings. The second kappa shape index (κ2) is 12.0. The van der Waals surface area contributed by atoms with Gasteiger partial charge in [-0.05, 0) is 55.8 Å². The molecule has 1 N–H and O–H groups in total. The van der Waals surface area contributed by atoms with Crippen molar-refractivity contribution in [3.63, 3.8) is 0 Å². The zero-order valence-corrected chi connectivity index (χ0v) is 21.6. The van der Waals surface area contributed by atoms with Crippen LogP contribution < -0.4 is 10.2 Å². The van der Waals surface area contributed by atoms with Gasteiger partial charge in [-0.3, -0.25) is 4.90 Å². The Morgan fingerprint density at radius 3 is 2.31 bits per heavy atom. The van der Waals surface area contributed by atoms with Crippen LogP contribution in [-0.2, 0) is 4.74 Å². The molecule has 3 aromatic rings. The van der Waals surface area contributed by atoms with E-state index in [1.54, 1.807) is 0 Å². The third-order valence-corrected chi connectivity index (χ3v) is 6.50. The summed E-state index contributed by atoms with van der Waals surface area (Å²) in [4.78, 5) is 14.5. The van der Waals surface area contributed by atoms with Crippen molar-refractivity contribution >= 4 is 28.3 Å². The van der Waals surface area contributed by atoms with Crippen molar-refractivity contribution in [2.45, 2.75) is 45.7 Å². The van der Waals surface area contributed by atoms with Gasteiger partial charge < -0.3 is 15.0 Å². The molecule has 0 bridgehead atoms. The molecule has 1 atom stereocenters. The topological polar surface area (TPSA) is 53.0 Å². The number of unbranched alkanes of at least 4 members (excludes halogenated alkanes) is 2. The molecule has 0 saturated carbocycles. The van der Waals surface area contributed by atoms with Crippen LogP contribution in [0.25, 0.3) is 10.9 Å². The van der Waals surface area contributed by atoms with Crippen LogP contribution in [0.3, 0.4) is 0 Å². The predicted molar refractivity (Wildman–Crippen MR) is 148 cm³/mol. The Labute approximate surface area is 210 Å². The molecule has 2 heterocycles. The van der Waals surface area contributed by atoms with Crippen molar-refractivity contribution in [1.29, 1.82) is 0 Å². The summed E-state index contributed by atoms with van der Waals surface area (Å²) in [5.41, 5.74) is 4.14. The summed E-state index contributed by atoms with van der Waals surface area (Å²) in [6.07, 6.45) is 4.62. The molecule has 6 heteroatoms. The van der Waals surface area contributed by atoms with Crippen LogP contribution in [0.4, 0.5) is 11.5 Å². The number of pyridine rings is 1. The Balaban J connectivity index is 1.58. The lowest BCUT2D eigenvalue weighted by Gasteiger charge is -2.27. The fraction of sp³-hybridized carbons (Fsp3) is 0.448. The van der Waals surface area contributed by atoms with Gasteiger partial charge in [0.1, 0.15) is 18.6 Å².